The predicted molar refractivity (Wildman–Crippen MR) is 86.5 cm³/mol. The molecule has 24 heavy (non-hydrogen) atoms. The molecule has 4 N–H and O–H groups in total. The van der Waals surface area contributed by atoms with Crippen LogP contribution in [0, 0.1) is 5.82 Å². The highest BCUT2D eigenvalue weighted by Crippen LogP contribution is 2.12. The minimum atomic E-state index is -0.838. The first-order valence-corrected chi connectivity index (χ1v) is 7.59. The van der Waals surface area contributed by atoms with Crippen molar-refractivity contribution in [3.8, 4) is 0 Å². The molecule has 0 aliphatic rings. The largest absolute Gasteiger partial charge is 0.467 e. The van der Waals surface area contributed by atoms with Gasteiger partial charge in [0.1, 0.15) is 18.3 Å². The first kappa shape index (κ1) is 19.6. The summed E-state index contributed by atoms with van der Waals surface area (Å²) in [6.45, 7) is 0.479. The van der Waals surface area contributed by atoms with Crippen molar-refractivity contribution in [2.75, 3.05) is 19.0 Å². The van der Waals surface area contributed by atoms with Crippen molar-refractivity contribution >= 4 is 23.5 Å². The van der Waals surface area contributed by atoms with Crippen LogP contribution in [-0.4, -0.2) is 37.5 Å². The fraction of sp³-hybridized carbons (Fsp3) is 0.438. The quantitative estimate of drug-likeness (QED) is 0.352. The number of carbonyl (C=O) groups is 3. The Kier molecular flexibility index (Phi) is 8.42. The Morgan fingerprint density at radius 2 is 1.92 bits per heavy atom. The summed E-state index contributed by atoms with van der Waals surface area (Å²) in [4.78, 5) is 35.3. The van der Waals surface area contributed by atoms with Crippen LogP contribution in [0.5, 0.6) is 0 Å². The van der Waals surface area contributed by atoms with E-state index >= 15 is 0 Å². The summed E-state index contributed by atoms with van der Waals surface area (Å²) in [7, 11) is 1.22. The number of benzene rings is 1. The van der Waals surface area contributed by atoms with E-state index in [1.165, 1.54) is 25.3 Å². The lowest BCUT2D eigenvalue weighted by molar-refractivity contribution is -0.145. The van der Waals surface area contributed by atoms with E-state index in [0.717, 1.165) is 0 Å². The molecule has 1 aromatic rings. The number of nitrogens with one attached hydrogen (secondary N) is 2. The van der Waals surface area contributed by atoms with E-state index in [4.69, 9.17) is 5.73 Å². The first-order chi connectivity index (χ1) is 11.5. The molecule has 8 heteroatoms. The number of nitrogens with two attached hydrogens (primary N) is 1. The van der Waals surface area contributed by atoms with Crippen LogP contribution in [0.2, 0.25) is 0 Å². The van der Waals surface area contributed by atoms with Crippen LogP contribution < -0.4 is 16.4 Å². The van der Waals surface area contributed by atoms with E-state index in [1.54, 1.807) is 6.07 Å². The lowest BCUT2D eigenvalue weighted by Gasteiger charge is -2.16. The molecule has 1 rings (SSSR count). The minimum Gasteiger partial charge on any atom is -0.467 e. The molecule has 0 aliphatic heterocycles. The zero-order chi connectivity index (χ0) is 17.9. The van der Waals surface area contributed by atoms with E-state index < -0.39 is 36.1 Å². The van der Waals surface area contributed by atoms with Crippen LogP contribution in [0.15, 0.2) is 24.3 Å². The standard InChI is InChI=1S/C16H22FN3O4/c1-24-16(23)13(8-4-5-9-18)20-15(22)10-14(21)19-12-7-3-2-6-11(12)17/h2-3,6-7,13H,4-5,8-10,18H2,1H3,(H,19,21)(H,20,22)/t13-/m0/s1. The van der Waals surface area contributed by atoms with Crippen molar-refractivity contribution in [2.24, 2.45) is 5.73 Å². The van der Waals surface area contributed by atoms with Gasteiger partial charge in [-0.05, 0) is 37.9 Å². The summed E-state index contributed by atoms with van der Waals surface area (Å²) < 4.78 is 18.1. The van der Waals surface area contributed by atoms with Gasteiger partial charge in [0.05, 0.1) is 12.8 Å². The second-order valence-electron chi connectivity index (χ2n) is 5.13. The topological polar surface area (TPSA) is 111 Å². The number of ether oxygens (including phenoxy) is 1. The maximum absolute atomic E-state index is 13.4. The number of esters is 1. The van der Waals surface area contributed by atoms with Gasteiger partial charge in [0.25, 0.3) is 0 Å². The van der Waals surface area contributed by atoms with Crippen molar-refractivity contribution in [2.45, 2.75) is 31.7 Å². The number of halogens is 1. The van der Waals surface area contributed by atoms with E-state index in [-0.39, 0.29) is 5.69 Å². The molecule has 0 saturated carbocycles. The van der Waals surface area contributed by atoms with Crippen LogP contribution in [0.4, 0.5) is 10.1 Å². The van der Waals surface area contributed by atoms with Crippen LogP contribution in [0.1, 0.15) is 25.7 Å². The van der Waals surface area contributed by atoms with Crippen LogP contribution in [0.25, 0.3) is 0 Å². The highest BCUT2D eigenvalue weighted by Gasteiger charge is 2.22. The summed E-state index contributed by atoms with van der Waals surface area (Å²) in [5, 5.41) is 4.75. The van der Waals surface area contributed by atoms with Crippen molar-refractivity contribution in [3.63, 3.8) is 0 Å². The summed E-state index contributed by atoms with van der Waals surface area (Å²) in [5.74, 6) is -2.51. The molecule has 0 aromatic heterocycles. The highest BCUT2D eigenvalue weighted by molar-refractivity contribution is 6.04. The Morgan fingerprint density at radius 1 is 1.21 bits per heavy atom. The Bertz CT molecular complexity index is 580. The zero-order valence-electron chi connectivity index (χ0n) is 13.5. The van der Waals surface area contributed by atoms with Gasteiger partial charge in [0.15, 0.2) is 0 Å². The molecule has 0 unspecified atom stereocenters. The average Bonchev–Trinajstić information content (AvgIpc) is 2.55. The van der Waals surface area contributed by atoms with Crippen LogP contribution in [-0.2, 0) is 19.1 Å². The van der Waals surface area contributed by atoms with E-state index in [9.17, 15) is 18.8 Å². The smallest absolute Gasteiger partial charge is 0.328 e. The normalized spacial score (nSPS) is 11.5. The van der Waals surface area contributed by atoms with Crippen molar-refractivity contribution in [1.29, 1.82) is 0 Å². The Morgan fingerprint density at radius 3 is 2.54 bits per heavy atom. The Balaban J connectivity index is 2.53. The third-order valence-electron chi connectivity index (χ3n) is 3.24. The molecule has 0 saturated heterocycles. The third kappa shape index (κ3) is 6.74. The molecular formula is C16H22FN3O4. The maximum atomic E-state index is 13.4. The monoisotopic (exact) mass is 339 g/mol. The SMILES string of the molecule is COC(=O)[C@H](CCCCN)NC(=O)CC(=O)Nc1ccccc1F. The second-order valence-corrected chi connectivity index (χ2v) is 5.13. The number of rotatable bonds is 9. The second kappa shape index (κ2) is 10.3. The van der Waals surface area contributed by atoms with Crippen molar-refractivity contribution in [1.82, 2.24) is 5.32 Å². The minimum absolute atomic E-state index is 0.0113. The molecule has 0 radical (unpaired) electrons. The van der Waals surface area contributed by atoms with Gasteiger partial charge in [-0.15, -0.1) is 0 Å². The highest BCUT2D eigenvalue weighted by atomic mass is 19.1. The lowest BCUT2D eigenvalue weighted by Crippen LogP contribution is -2.42. The number of carbonyl (C=O) groups excluding carboxylic acids is 3. The maximum Gasteiger partial charge on any atom is 0.328 e. The molecule has 2 amide bonds. The number of anilines is 1. The molecule has 0 aliphatic carbocycles. The molecule has 0 fully saturated rings. The first-order valence-electron chi connectivity index (χ1n) is 7.59. The number of unbranched alkanes of at least 4 members (excludes halogenated alkanes) is 1. The fourth-order valence-electron chi connectivity index (χ4n) is 2.03. The predicted octanol–water partition coefficient (Wildman–Crippen LogP) is 0.941. The van der Waals surface area contributed by atoms with Crippen molar-refractivity contribution < 1.29 is 23.5 Å². The number of hydrogen-bond acceptors (Lipinski definition) is 5. The lowest BCUT2D eigenvalue weighted by atomic mass is 10.1. The van der Waals surface area contributed by atoms with Gasteiger partial charge in [0, 0.05) is 0 Å². The van der Waals surface area contributed by atoms with Gasteiger partial charge < -0.3 is 21.1 Å². The molecule has 0 bridgehead atoms. The summed E-state index contributed by atoms with van der Waals surface area (Å²) in [6.07, 6.45) is 1.18. The summed E-state index contributed by atoms with van der Waals surface area (Å²) in [5.41, 5.74) is 5.38. The molecule has 0 spiro atoms. The van der Waals surface area contributed by atoms with Gasteiger partial charge in [0.2, 0.25) is 11.8 Å². The number of para-hydroxylation sites is 1. The zero-order valence-corrected chi connectivity index (χ0v) is 13.5. The number of hydrogen-bond donors (Lipinski definition) is 3. The molecule has 132 valence electrons. The Labute approximate surface area is 139 Å². The average molecular weight is 339 g/mol. The van der Waals surface area contributed by atoms with Crippen LogP contribution in [0.3, 0.4) is 0 Å². The van der Waals surface area contributed by atoms with E-state index in [0.29, 0.717) is 25.8 Å². The van der Waals surface area contributed by atoms with Gasteiger partial charge >= 0.3 is 5.97 Å². The third-order valence-corrected chi connectivity index (χ3v) is 3.24. The summed E-state index contributed by atoms with van der Waals surface area (Å²) >= 11 is 0. The van der Waals surface area contributed by atoms with Gasteiger partial charge in [-0.2, -0.15) is 0 Å². The fourth-order valence-corrected chi connectivity index (χ4v) is 2.03. The number of methoxy groups -OCH3 is 1. The summed E-state index contributed by atoms with van der Waals surface area (Å²) in [6, 6.07) is 4.79. The molecule has 1 aromatic carbocycles. The van der Waals surface area contributed by atoms with Crippen LogP contribution >= 0.6 is 0 Å². The molecule has 0 heterocycles. The Hall–Kier alpha value is -2.48. The number of amides is 2. The van der Waals surface area contributed by atoms with Crippen molar-refractivity contribution in [3.05, 3.63) is 30.1 Å². The molecule has 1 atom stereocenters. The molecular weight excluding hydrogens is 317 g/mol. The van der Waals surface area contributed by atoms with E-state index in [1.807, 2.05) is 0 Å². The molecule has 7 nitrogen and oxygen atoms in total. The van der Waals surface area contributed by atoms with Gasteiger partial charge in [-0.1, -0.05) is 12.1 Å². The van der Waals surface area contributed by atoms with Gasteiger partial charge in [-0.3, -0.25) is 9.59 Å². The van der Waals surface area contributed by atoms with Gasteiger partial charge in [-0.25, -0.2) is 9.18 Å². The van der Waals surface area contributed by atoms with E-state index in [2.05, 4.69) is 15.4 Å².